The third kappa shape index (κ3) is 7.07. The first-order chi connectivity index (χ1) is 27.9. The minimum atomic E-state index is -0.777. The van der Waals surface area contributed by atoms with E-state index in [0.717, 1.165) is 69.5 Å². The maximum atomic E-state index is 14.3. The molecule has 0 aliphatic carbocycles. The summed E-state index contributed by atoms with van der Waals surface area (Å²) in [4.78, 5) is 39.8. The molecule has 3 aromatic carbocycles. The Morgan fingerprint density at radius 3 is 2.41 bits per heavy atom. The summed E-state index contributed by atoms with van der Waals surface area (Å²) in [5.74, 6) is -0.858. The Morgan fingerprint density at radius 2 is 1.69 bits per heavy atom. The number of aryl methyl sites for hydroxylation is 1. The number of likely N-dealkylation sites (tertiary alicyclic amines) is 1. The van der Waals surface area contributed by atoms with Gasteiger partial charge in [-0.2, -0.15) is 4.37 Å². The van der Waals surface area contributed by atoms with Crippen LogP contribution in [0.5, 0.6) is 5.75 Å². The fourth-order valence-electron chi connectivity index (χ4n) is 8.82. The lowest BCUT2D eigenvalue weighted by atomic mass is 9.72. The molecule has 2 amide bonds. The number of β-amino-alcohol motifs (C(OH)–C–C–N with tert-alkyl or cyclic N) is 1. The number of carbonyl (C=O) groups excluding carboxylic acids is 2. The van der Waals surface area contributed by atoms with Crippen LogP contribution in [0, 0.1) is 18.3 Å². The number of rotatable bonds is 10. The molecule has 4 atom stereocenters. The molecule has 3 N–H and O–H groups in total. The molecule has 3 aromatic heterocycles. The first-order valence-corrected chi connectivity index (χ1v) is 21.4. The molecule has 3 fully saturated rings. The van der Waals surface area contributed by atoms with Crippen LogP contribution >= 0.6 is 22.9 Å². The summed E-state index contributed by atoms with van der Waals surface area (Å²) in [6, 6.07) is 24.5. The Balaban J connectivity index is 0.816. The number of amides is 2. The largest absolute Gasteiger partial charge is 0.507 e. The fourth-order valence-corrected chi connectivity index (χ4v) is 10.4. The van der Waals surface area contributed by atoms with Crippen molar-refractivity contribution in [3.63, 3.8) is 0 Å². The third-order valence-electron chi connectivity index (χ3n) is 11.9. The lowest BCUT2D eigenvalue weighted by molar-refractivity contribution is -0.140. The number of benzene rings is 3. The molecule has 0 radical (unpaired) electrons. The van der Waals surface area contributed by atoms with E-state index in [4.69, 9.17) is 4.37 Å². The van der Waals surface area contributed by atoms with E-state index < -0.39 is 18.1 Å². The van der Waals surface area contributed by atoms with Crippen molar-refractivity contribution in [2.45, 2.75) is 58.2 Å². The third-order valence-corrected chi connectivity index (χ3v) is 13.8. The Kier molecular flexibility index (Phi) is 9.89. The molecule has 9 rings (SSSR count). The van der Waals surface area contributed by atoms with E-state index in [1.807, 2.05) is 81.7 Å². The number of phenolic OH excluding ortho intramolecular Hbond substituents is 1. The van der Waals surface area contributed by atoms with Gasteiger partial charge >= 0.3 is 0 Å². The zero-order valence-electron chi connectivity index (χ0n) is 32.9. The number of aromatic nitrogens is 4. The van der Waals surface area contributed by atoms with Gasteiger partial charge in [-0.3, -0.25) is 9.59 Å². The van der Waals surface area contributed by atoms with Crippen molar-refractivity contribution >= 4 is 56.3 Å². The molecular formula is C44H46N8O4S2. The van der Waals surface area contributed by atoms with Crippen LogP contribution in [0.4, 0.5) is 10.7 Å². The van der Waals surface area contributed by atoms with Crippen LogP contribution < -0.4 is 15.1 Å². The van der Waals surface area contributed by atoms with Crippen LogP contribution in [0.2, 0.25) is 0 Å². The normalized spacial score (nSPS) is 19.7. The summed E-state index contributed by atoms with van der Waals surface area (Å²) >= 11 is 3.02. The number of aliphatic hydroxyl groups is 1. The molecule has 298 valence electrons. The van der Waals surface area contributed by atoms with Crippen molar-refractivity contribution in [1.82, 2.24) is 29.8 Å². The molecule has 3 saturated heterocycles. The molecule has 0 bridgehead atoms. The van der Waals surface area contributed by atoms with Crippen LogP contribution in [0.15, 0.2) is 84.4 Å². The minimum Gasteiger partial charge on any atom is -0.507 e. The maximum absolute atomic E-state index is 14.3. The first kappa shape index (κ1) is 38.1. The van der Waals surface area contributed by atoms with Gasteiger partial charge in [0.2, 0.25) is 11.8 Å². The van der Waals surface area contributed by atoms with Crippen molar-refractivity contribution in [2.75, 3.05) is 42.5 Å². The number of fused-ring (bicyclic) bond motifs is 1. The standard InChI is InChI=1S/C44H46N8O4S2/c1-25(2)40(43(56)52-19-32(53)17-37(52)42(55)46-26(3)28-9-11-29(12-10-28)41-27(4)45-24-57-41)36-18-39(58-49-36)51-22-44(23-51)20-50(21-44)31-14-13-30-15-35(48-47-34(30)16-31)33-7-5-6-8-38(33)54/h5-16,18,24-26,32,37,40,53-54H,17,19-23H2,1-4H3,(H,46,55)/t26-,32+,37-,40?/m0/s1. The van der Waals surface area contributed by atoms with E-state index in [2.05, 4.69) is 48.5 Å². The molecule has 0 saturated carbocycles. The average molecular weight is 815 g/mol. The van der Waals surface area contributed by atoms with E-state index >= 15 is 0 Å². The van der Waals surface area contributed by atoms with Crippen molar-refractivity contribution < 1.29 is 19.8 Å². The van der Waals surface area contributed by atoms with E-state index in [1.165, 1.54) is 11.5 Å². The number of hydrogen-bond acceptors (Lipinski definition) is 12. The fraction of sp³-hybridized carbons (Fsp3) is 0.364. The van der Waals surface area contributed by atoms with Gasteiger partial charge in [-0.1, -0.05) is 56.3 Å². The van der Waals surface area contributed by atoms with Gasteiger partial charge in [0.1, 0.15) is 16.8 Å². The Hall–Kier alpha value is -5.44. The quantitative estimate of drug-likeness (QED) is 0.135. The van der Waals surface area contributed by atoms with Crippen molar-refractivity contribution in [3.8, 4) is 27.4 Å². The van der Waals surface area contributed by atoms with Gasteiger partial charge in [-0.15, -0.1) is 21.5 Å². The number of para-hydroxylation sites is 1. The topological polar surface area (TPSA) is 148 Å². The zero-order valence-corrected chi connectivity index (χ0v) is 34.5. The van der Waals surface area contributed by atoms with Gasteiger partial charge in [0, 0.05) is 61.2 Å². The Bertz CT molecular complexity index is 2490. The number of phenols is 1. The molecule has 12 nitrogen and oxygen atoms in total. The lowest BCUT2D eigenvalue weighted by Crippen LogP contribution is -2.72. The summed E-state index contributed by atoms with van der Waals surface area (Å²) < 4.78 is 4.80. The smallest absolute Gasteiger partial charge is 0.243 e. The molecule has 6 heterocycles. The van der Waals surface area contributed by atoms with Gasteiger partial charge < -0.3 is 30.2 Å². The van der Waals surface area contributed by atoms with Gasteiger partial charge in [0.05, 0.1) is 51.0 Å². The van der Waals surface area contributed by atoms with E-state index in [0.29, 0.717) is 17.0 Å². The highest BCUT2D eigenvalue weighted by Crippen LogP contribution is 2.46. The number of nitrogens with zero attached hydrogens (tertiary/aromatic N) is 7. The summed E-state index contributed by atoms with van der Waals surface area (Å²) in [5, 5.41) is 35.0. The summed E-state index contributed by atoms with van der Waals surface area (Å²) in [6.07, 6.45) is -0.582. The second-order valence-corrected chi connectivity index (χ2v) is 18.2. The van der Waals surface area contributed by atoms with Gasteiger partial charge in [0.25, 0.3) is 0 Å². The second-order valence-electron chi connectivity index (χ2n) is 16.5. The average Bonchev–Trinajstić information content (AvgIpc) is 3.94. The van der Waals surface area contributed by atoms with Crippen LogP contribution in [0.3, 0.4) is 0 Å². The second kappa shape index (κ2) is 15.1. The molecule has 1 spiro atoms. The number of hydrogen-bond donors (Lipinski definition) is 3. The number of anilines is 2. The minimum absolute atomic E-state index is 0.0600. The summed E-state index contributed by atoms with van der Waals surface area (Å²) in [5.41, 5.74) is 9.00. The molecule has 3 aliphatic heterocycles. The van der Waals surface area contributed by atoms with Crippen LogP contribution in [0.25, 0.3) is 32.6 Å². The molecule has 3 aliphatic rings. The predicted octanol–water partition coefficient (Wildman–Crippen LogP) is 6.80. The van der Waals surface area contributed by atoms with E-state index in [9.17, 15) is 19.8 Å². The SMILES string of the molecule is Cc1ncsc1-c1ccc([C@H](C)NC(=O)[C@@H]2C[C@@H](O)CN2C(=O)C(c2cc(N3CC4(CN(c5ccc6cc(-c7ccccc7O)nnc6c5)C4)C3)sn2)C(C)C)cc1. The van der Waals surface area contributed by atoms with Crippen molar-refractivity contribution in [1.29, 1.82) is 0 Å². The number of aromatic hydroxyl groups is 1. The monoisotopic (exact) mass is 814 g/mol. The Labute approximate surface area is 345 Å². The molecular weight excluding hydrogens is 769 g/mol. The number of aliphatic hydroxyl groups excluding tert-OH is 1. The van der Waals surface area contributed by atoms with Crippen molar-refractivity contribution in [2.24, 2.45) is 11.3 Å². The molecule has 14 heteroatoms. The van der Waals surface area contributed by atoms with Gasteiger partial charge in [-0.05, 0) is 78.8 Å². The highest BCUT2D eigenvalue weighted by Gasteiger charge is 2.52. The number of carbonyl (C=O) groups is 2. The lowest BCUT2D eigenvalue weighted by Gasteiger charge is -2.61. The molecule has 6 aromatic rings. The van der Waals surface area contributed by atoms with Gasteiger partial charge in [0.15, 0.2) is 0 Å². The summed E-state index contributed by atoms with van der Waals surface area (Å²) in [6.45, 7) is 11.8. The highest BCUT2D eigenvalue weighted by molar-refractivity contribution is 7.13. The van der Waals surface area contributed by atoms with Crippen LogP contribution in [-0.2, 0) is 9.59 Å². The zero-order chi connectivity index (χ0) is 40.3. The van der Waals surface area contributed by atoms with Gasteiger partial charge in [-0.25, -0.2) is 4.98 Å². The molecule has 58 heavy (non-hydrogen) atoms. The van der Waals surface area contributed by atoms with Crippen LogP contribution in [-0.4, -0.2) is 91.4 Å². The Morgan fingerprint density at radius 1 is 0.931 bits per heavy atom. The van der Waals surface area contributed by atoms with Crippen LogP contribution in [0.1, 0.15) is 56.1 Å². The highest BCUT2D eigenvalue weighted by atomic mass is 32.1. The number of thiazole rings is 1. The first-order valence-electron chi connectivity index (χ1n) is 19.8. The predicted molar refractivity (Wildman–Crippen MR) is 228 cm³/mol. The van der Waals surface area contributed by atoms with Crippen molar-refractivity contribution in [3.05, 3.63) is 101 Å². The molecule has 1 unspecified atom stereocenters. The maximum Gasteiger partial charge on any atom is 0.243 e. The van der Waals surface area contributed by atoms with E-state index in [-0.39, 0.29) is 47.9 Å². The summed E-state index contributed by atoms with van der Waals surface area (Å²) in [7, 11) is 0. The number of nitrogens with one attached hydrogen (secondary N) is 1. The van der Waals surface area contributed by atoms with E-state index in [1.54, 1.807) is 28.4 Å².